The van der Waals surface area contributed by atoms with Gasteiger partial charge in [-0.15, -0.1) is 5.10 Å². The van der Waals surface area contributed by atoms with Crippen LogP contribution in [0.1, 0.15) is 24.0 Å². The number of benzene rings is 1. The Kier molecular flexibility index (Phi) is 6.27. The summed E-state index contributed by atoms with van der Waals surface area (Å²) in [6.07, 6.45) is 3.88. The number of hydrogen-bond acceptors (Lipinski definition) is 10. The fraction of sp³-hybridized carbons (Fsp3) is 0.556. The first-order valence-corrected chi connectivity index (χ1v) is 14.0. The molecule has 3 aliphatic heterocycles. The Hall–Kier alpha value is -3.91. The summed E-state index contributed by atoms with van der Waals surface area (Å²) in [5.74, 6) is 0.509. The van der Waals surface area contributed by atoms with E-state index >= 15 is 4.39 Å². The third kappa shape index (κ3) is 4.74. The highest BCUT2D eigenvalue weighted by Gasteiger charge is 2.48. The Morgan fingerprint density at radius 2 is 2.05 bits per heavy atom. The summed E-state index contributed by atoms with van der Waals surface area (Å²) in [5, 5.41) is 11.0. The number of nitrogens with zero attached hydrogens (tertiary/aromatic N) is 8. The van der Waals surface area contributed by atoms with E-state index in [1.54, 1.807) is 4.68 Å². The highest BCUT2D eigenvalue weighted by molar-refractivity contribution is 5.94. The van der Waals surface area contributed by atoms with Crippen LogP contribution >= 0.6 is 0 Å². The average Bonchev–Trinajstić information content (AvgIpc) is 3.64. The number of carbonyl (C=O) groups excluding carboxylic acids is 2. The highest BCUT2D eigenvalue weighted by atomic mass is 19.1. The van der Waals surface area contributed by atoms with Crippen molar-refractivity contribution in [1.82, 2.24) is 34.8 Å². The predicted octanol–water partition coefficient (Wildman–Crippen LogP) is 1.46. The molecule has 7 rings (SSSR count). The molecule has 13 nitrogen and oxygen atoms in total. The minimum Gasteiger partial charge on any atom is -0.465 e. The molecule has 5 heterocycles. The van der Waals surface area contributed by atoms with Crippen LogP contribution in [0, 0.1) is 11.7 Å². The number of likely N-dealkylation sites (N-methyl/N-ethyl adjacent to an activating group) is 1. The van der Waals surface area contributed by atoms with Gasteiger partial charge in [-0.2, -0.15) is 0 Å². The first kappa shape index (κ1) is 26.0. The van der Waals surface area contributed by atoms with Gasteiger partial charge in [0.1, 0.15) is 11.1 Å². The molecule has 14 heteroatoms. The van der Waals surface area contributed by atoms with Crippen LogP contribution in [0.15, 0.2) is 12.3 Å². The van der Waals surface area contributed by atoms with Crippen LogP contribution in [-0.2, 0) is 28.9 Å². The van der Waals surface area contributed by atoms with Gasteiger partial charge >= 0.3 is 6.09 Å². The topological polar surface area (TPSA) is 131 Å². The molecule has 1 unspecified atom stereocenters. The molecule has 0 saturated carbocycles. The number of nitrogens with one attached hydrogen (secondary N) is 1. The van der Waals surface area contributed by atoms with Crippen molar-refractivity contribution in [2.45, 2.75) is 37.8 Å². The number of halogens is 1. The van der Waals surface area contributed by atoms with E-state index in [4.69, 9.17) is 9.47 Å². The SMILES string of the molecule is CN(C)CCn1nnc2c(F)c3c(cc21)CC(CN1CCC2(CC1)CN(c1cnc4c(n1)NC(=O)CO4)C(=O)O2)C3. The van der Waals surface area contributed by atoms with Crippen LogP contribution in [0.25, 0.3) is 11.0 Å². The maximum absolute atomic E-state index is 15.4. The molecule has 1 atom stereocenters. The van der Waals surface area contributed by atoms with Crippen molar-refractivity contribution >= 4 is 34.7 Å². The highest BCUT2D eigenvalue weighted by Crippen LogP contribution is 2.38. The fourth-order valence-corrected chi connectivity index (χ4v) is 6.38. The van der Waals surface area contributed by atoms with Crippen molar-refractivity contribution in [1.29, 1.82) is 0 Å². The molecule has 2 saturated heterocycles. The maximum Gasteiger partial charge on any atom is 0.416 e. The minimum absolute atomic E-state index is 0.113. The van der Waals surface area contributed by atoms with E-state index in [9.17, 15) is 9.59 Å². The van der Waals surface area contributed by atoms with Crippen LogP contribution in [-0.4, -0.2) is 106 Å². The second-order valence-corrected chi connectivity index (χ2v) is 11.7. The molecule has 3 aromatic rings. The van der Waals surface area contributed by atoms with Crippen LogP contribution < -0.4 is 15.0 Å². The van der Waals surface area contributed by atoms with E-state index in [1.165, 1.54) is 11.1 Å². The summed E-state index contributed by atoms with van der Waals surface area (Å²) in [5.41, 5.74) is 2.33. The van der Waals surface area contributed by atoms with Gasteiger partial charge in [0, 0.05) is 39.0 Å². The summed E-state index contributed by atoms with van der Waals surface area (Å²) in [6.45, 7) is 4.13. The number of piperidine rings is 1. The molecular weight excluding hydrogens is 533 g/mol. The molecule has 216 valence electrons. The minimum atomic E-state index is -0.600. The van der Waals surface area contributed by atoms with Gasteiger partial charge < -0.3 is 24.6 Å². The van der Waals surface area contributed by atoms with Gasteiger partial charge in [0.25, 0.3) is 11.8 Å². The summed E-state index contributed by atoms with van der Waals surface area (Å²) in [7, 11) is 4.00. The molecule has 4 aliphatic rings. The molecule has 1 aliphatic carbocycles. The van der Waals surface area contributed by atoms with E-state index in [-0.39, 0.29) is 30.0 Å². The van der Waals surface area contributed by atoms with Gasteiger partial charge in [0.2, 0.25) is 0 Å². The van der Waals surface area contributed by atoms with Crippen molar-refractivity contribution in [3.05, 3.63) is 29.2 Å². The molecule has 2 aromatic heterocycles. The Bertz CT molecular complexity index is 1530. The molecule has 2 amide bonds. The molecular formula is C27H32FN9O4. The van der Waals surface area contributed by atoms with Crippen LogP contribution in [0.4, 0.5) is 20.8 Å². The van der Waals surface area contributed by atoms with Gasteiger partial charge in [-0.05, 0) is 50.0 Å². The Morgan fingerprint density at radius 3 is 2.85 bits per heavy atom. The molecule has 1 aromatic carbocycles. The zero-order valence-corrected chi connectivity index (χ0v) is 23.1. The molecule has 2 fully saturated rings. The average molecular weight is 566 g/mol. The third-order valence-electron chi connectivity index (χ3n) is 8.56. The normalized spacial score (nSPS) is 21.8. The van der Waals surface area contributed by atoms with Gasteiger partial charge in [0.15, 0.2) is 24.1 Å². The van der Waals surface area contributed by atoms with Crippen LogP contribution in [0.3, 0.4) is 0 Å². The van der Waals surface area contributed by atoms with Gasteiger partial charge in [-0.3, -0.25) is 9.69 Å². The van der Waals surface area contributed by atoms with Gasteiger partial charge in [0.05, 0.1) is 24.8 Å². The number of likely N-dealkylation sites (tertiary alicyclic amines) is 1. The van der Waals surface area contributed by atoms with Gasteiger partial charge in [-0.1, -0.05) is 5.21 Å². The number of hydrogen-bond donors (Lipinski definition) is 1. The fourth-order valence-electron chi connectivity index (χ4n) is 6.38. The summed E-state index contributed by atoms with van der Waals surface area (Å²) in [4.78, 5) is 39.0. The second-order valence-electron chi connectivity index (χ2n) is 11.7. The Labute approximate surface area is 235 Å². The number of rotatable bonds is 6. The first-order chi connectivity index (χ1) is 19.8. The lowest BCUT2D eigenvalue weighted by molar-refractivity contribution is -0.118. The van der Waals surface area contributed by atoms with Gasteiger partial charge in [-0.25, -0.2) is 23.8 Å². The van der Waals surface area contributed by atoms with Crippen molar-refractivity contribution in [2.24, 2.45) is 5.92 Å². The maximum atomic E-state index is 15.4. The second kappa shape index (κ2) is 9.87. The number of fused-ring (bicyclic) bond motifs is 3. The zero-order valence-electron chi connectivity index (χ0n) is 23.1. The lowest BCUT2D eigenvalue weighted by Gasteiger charge is -2.38. The van der Waals surface area contributed by atoms with E-state index in [0.717, 1.165) is 49.2 Å². The van der Waals surface area contributed by atoms with E-state index < -0.39 is 11.7 Å². The van der Waals surface area contributed by atoms with Crippen molar-refractivity contribution < 1.29 is 23.5 Å². The summed E-state index contributed by atoms with van der Waals surface area (Å²) < 4.78 is 28.4. The molecule has 0 bridgehead atoms. The predicted molar refractivity (Wildman–Crippen MR) is 145 cm³/mol. The standard InChI is InChI=1S/C27H32FN9O4/c1-34(2)7-8-37-19-11-17-9-16(10-18(17)22(28)23(19)32-33-37)13-35-5-3-27(4-6-35)15-36(26(39)41-27)20-12-29-25-24(30-20)31-21(38)14-40-25/h11-12,16H,3-10,13-15H2,1-2H3,(H,30,31,38). The number of amides is 2. The number of aromatic nitrogens is 5. The van der Waals surface area contributed by atoms with E-state index in [2.05, 4.69) is 41.5 Å². The molecule has 0 radical (unpaired) electrons. The zero-order chi connectivity index (χ0) is 28.3. The van der Waals surface area contributed by atoms with Crippen molar-refractivity contribution in [3.63, 3.8) is 0 Å². The number of anilines is 2. The van der Waals surface area contributed by atoms with Crippen molar-refractivity contribution in [3.8, 4) is 5.88 Å². The molecule has 41 heavy (non-hydrogen) atoms. The van der Waals surface area contributed by atoms with Crippen LogP contribution in [0.2, 0.25) is 0 Å². The van der Waals surface area contributed by atoms with E-state index in [0.29, 0.717) is 49.6 Å². The summed E-state index contributed by atoms with van der Waals surface area (Å²) >= 11 is 0. The molecule has 1 N–H and O–H groups in total. The Morgan fingerprint density at radius 1 is 1.22 bits per heavy atom. The van der Waals surface area contributed by atoms with E-state index in [1.807, 2.05) is 14.1 Å². The lowest BCUT2D eigenvalue weighted by atomic mass is 9.90. The molecule has 1 spiro atoms. The largest absolute Gasteiger partial charge is 0.465 e. The monoisotopic (exact) mass is 565 g/mol. The quantitative estimate of drug-likeness (QED) is 0.469. The first-order valence-electron chi connectivity index (χ1n) is 14.0. The Balaban J connectivity index is 0.978. The number of carbonyl (C=O) groups is 2. The number of ether oxygens (including phenoxy) is 2. The smallest absolute Gasteiger partial charge is 0.416 e. The summed E-state index contributed by atoms with van der Waals surface area (Å²) in [6, 6.07) is 2.07. The van der Waals surface area contributed by atoms with Crippen molar-refractivity contribution in [2.75, 3.05) is 63.6 Å². The lowest BCUT2D eigenvalue weighted by Crippen LogP contribution is -2.48. The van der Waals surface area contributed by atoms with Crippen LogP contribution in [0.5, 0.6) is 5.88 Å². The third-order valence-corrected chi connectivity index (χ3v) is 8.56.